The summed E-state index contributed by atoms with van der Waals surface area (Å²) in [6, 6.07) is 13.1. The monoisotopic (exact) mass is 1020 g/mol. The van der Waals surface area contributed by atoms with Crippen molar-refractivity contribution in [1.82, 2.24) is 10.2 Å². The van der Waals surface area contributed by atoms with Crippen LogP contribution >= 0.6 is 0 Å². The van der Waals surface area contributed by atoms with Gasteiger partial charge in [0.25, 0.3) is 0 Å². The van der Waals surface area contributed by atoms with Crippen molar-refractivity contribution in [2.75, 3.05) is 19.7 Å². The second-order valence-electron chi connectivity index (χ2n) is 21.5. The fourth-order valence-corrected chi connectivity index (χ4v) is 11.6. The number of nitrogens with zero attached hydrogens (tertiary/aromatic N) is 1. The number of fused-ring (bicyclic) bond motifs is 5. The summed E-state index contributed by atoms with van der Waals surface area (Å²) in [5.74, 6) is -7.80. The molecule has 0 radical (unpaired) electrons. The van der Waals surface area contributed by atoms with Gasteiger partial charge in [-0.25, -0.2) is 14.4 Å². The number of aliphatic hydroxyl groups excluding tert-OH is 2. The first-order chi connectivity index (χ1) is 34.2. The number of carboxylic acid groups (broad SMARTS) is 1. The van der Waals surface area contributed by atoms with Gasteiger partial charge in [-0.1, -0.05) is 76.2 Å². The molecule has 400 valence electrons. The van der Waals surface area contributed by atoms with Gasteiger partial charge in [-0.3, -0.25) is 24.1 Å². The van der Waals surface area contributed by atoms with E-state index in [9.17, 15) is 44.4 Å². The Morgan fingerprint density at radius 3 is 2.04 bits per heavy atom. The van der Waals surface area contributed by atoms with Crippen molar-refractivity contribution in [1.29, 1.82) is 0 Å². The van der Waals surface area contributed by atoms with Gasteiger partial charge in [0.1, 0.15) is 47.7 Å². The number of hydrogen-bond acceptors (Lipinski definition) is 17. The number of carbonyl (C=O) groups excluding carboxylic acids is 6. The molecule has 1 aliphatic heterocycles. The maximum atomic E-state index is 15.4. The predicted octanol–water partition coefficient (Wildman–Crippen LogP) is 5.17. The minimum Gasteiger partial charge on any atom is -0.481 e. The lowest BCUT2D eigenvalue weighted by molar-refractivity contribution is -0.346. The van der Waals surface area contributed by atoms with Crippen molar-refractivity contribution in [3.8, 4) is 0 Å². The van der Waals surface area contributed by atoms with Crippen LogP contribution < -0.4 is 5.32 Å². The molecule has 73 heavy (non-hydrogen) atoms. The lowest BCUT2D eigenvalue weighted by atomic mass is 9.44. The molecule has 2 aromatic carbocycles. The number of Topliss-reactive ketones (excluding diaryl/α,β-unsaturated/α-hetero) is 1. The molecule has 2 aromatic rings. The van der Waals surface area contributed by atoms with Crippen molar-refractivity contribution < 1.29 is 82.4 Å². The van der Waals surface area contributed by atoms with Crippen LogP contribution in [0.15, 0.2) is 71.8 Å². The fraction of sp³-hybridized carbons (Fsp3) is 0.611. The molecule has 3 aliphatic carbocycles. The van der Waals surface area contributed by atoms with Gasteiger partial charge in [0.2, 0.25) is 6.10 Å². The number of hydrogen-bond donors (Lipinski definition) is 5. The summed E-state index contributed by atoms with van der Waals surface area (Å²) in [4.78, 5) is 100. The van der Waals surface area contributed by atoms with E-state index in [2.05, 4.69) is 5.32 Å². The number of ether oxygens (including phenoxy) is 6. The van der Waals surface area contributed by atoms with Gasteiger partial charge in [-0.15, -0.1) is 0 Å². The molecule has 0 spiro atoms. The number of esters is 4. The molecular formula is C54H72N2O17. The third-order valence-electron chi connectivity index (χ3n) is 15.2. The highest BCUT2D eigenvalue weighted by Gasteiger charge is 2.78. The SMILES string of the molecule is CCCN(CCC)[C@@H](CCC(=O)O)C(=O)O[C@@H](C(=O)O[C@H]1C[C@@]2(O)[C@@H](OC(=O)c3ccccc3)[C@@H]3[C@]4(OC(C)=O)CO[C@@H]4C[C@H](O)[C@@]3(C)C(=O)[C@H](O)C(=C1C)C2(C)C)[C@@H](NC(=O)OC(C)(C)C)c1ccccc1. The number of alkyl carbamates (subject to hydrolysis) is 1. The maximum absolute atomic E-state index is 15.4. The molecular weight excluding hydrogens is 949 g/mol. The molecule has 19 nitrogen and oxygen atoms in total. The van der Waals surface area contributed by atoms with E-state index in [0.29, 0.717) is 25.9 Å². The molecule has 4 aliphatic rings. The quantitative estimate of drug-likeness (QED) is 0.0732. The molecule has 3 fully saturated rings. The normalized spacial score (nSPS) is 29.6. The first-order valence-corrected chi connectivity index (χ1v) is 25.0. The van der Waals surface area contributed by atoms with Gasteiger partial charge in [0.15, 0.2) is 11.4 Å². The van der Waals surface area contributed by atoms with E-state index >= 15 is 9.59 Å². The summed E-state index contributed by atoms with van der Waals surface area (Å²) in [5, 5.41) is 50.8. The standard InChI is InChI=1S/C54H72N2O17/c1-11-25-56(26-12-2)34(23-24-38(59)60)47(64)70-42(40(32-19-15-13-16-20-32)55-49(66)73-50(5,6)7)48(65)69-35-28-54(67)45(71-46(63)33-21-17-14-18-22-33)43-52(10,44(62)41(61)39(30(35)3)51(54,8)9)36(58)27-37-53(43,29-68-37)72-31(4)57/h13-22,34-37,40-43,45,58,61,67H,11-12,23-29H2,1-10H3,(H,55,66)(H,59,60)/t34-,35-,36-,37+,40-,41+,42+,43-,45-,52+,53-,54+/m0/s1. The van der Waals surface area contributed by atoms with Crippen LogP contribution in [-0.4, -0.2) is 146 Å². The summed E-state index contributed by atoms with van der Waals surface area (Å²) >= 11 is 0. The average molecular weight is 1020 g/mol. The Kier molecular flexibility index (Phi) is 17.1. The van der Waals surface area contributed by atoms with Crippen LogP contribution in [0.5, 0.6) is 0 Å². The van der Waals surface area contributed by atoms with Crippen molar-refractivity contribution in [3.05, 3.63) is 82.9 Å². The van der Waals surface area contributed by atoms with Crippen molar-refractivity contribution >= 4 is 41.7 Å². The lowest BCUT2D eigenvalue weighted by Gasteiger charge is -2.67. The zero-order chi connectivity index (χ0) is 54.0. The summed E-state index contributed by atoms with van der Waals surface area (Å²) in [6.07, 6.45) is -11.7. The number of nitrogens with one attached hydrogen (secondary N) is 1. The minimum absolute atomic E-state index is 0.0382. The maximum Gasteiger partial charge on any atom is 0.408 e. The Morgan fingerprint density at radius 2 is 1.51 bits per heavy atom. The third kappa shape index (κ3) is 11.1. The van der Waals surface area contributed by atoms with Crippen molar-refractivity contribution in [3.63, 3.8) is 0 Å². The van der Waals surface area contributed by atoms with Gasteiger partial charge in [0, 0.05) is 31.6 Å². The summed E-state index contributed by atoms with van der Waals surface area (Å²) < 4.78 is 36.6. The number of amides is 1. The number of aliphatic carboxylic acids is 1. The Bertz CT molecular complexity index is 2410. The molecule has 2 saturated carbocycles. The van der Waals surface area contributed by atoms with E-state index in [4.69, 9.17) is 28.4 Å². The Morgan fingerprint density at radius 1 is 0.904 bits per heavy atom. The van der Waals surface area contributed by atoms with E-state index in [-0.39, 0.29) is 41.7 Å². The molecule has 1 saturated heterocycles. The number of ketones is 1. The van der Waals surface area contributed by atoms with Crippen LogP contribution in [0.4, 0.5) is 4.79 Å². The Balaban J connectivity index is 1.55. The Hall–Kier alpha value is -5.73. The highest BCUT2D eigenvalue weighted by Crippen LogP contribution is 2.64. The van der Waals surface area contributed by atoms with Gasteiger partial charge < -0.3 is 54.2 Å². The summed E-state index contributed by atoms with van der Waals surface area (Å²) in [5.41, 5.74) is -8.90. The molecule has 0 aromatic heterocycles. The number of carbonyl (C=O) groups is 7. The van der Waals surface area contributed by atoms with Gasteiger partial charge in [0.05, 0.1) is 29.6 Å². The first-order valence-electron chi connectivity index (χ1n) is 25.0. The van der Waals surface area contributed by atoms with Gasteiger partial charge >= 0.3 is 35.9 Å². The highest BCUT2D eigenvalue weighted by atomic mass is 16.6. The molecule has 2 bridgehead atoms. The first kappa shape index (κ1) is 56.6. The third-order valence-corrected chi connectivity index (χ3v) is 15.2. The smallest absolute Gasteiger partial charge is 0.408 e. The molecule has 12 atom stereocenters. The van der Waals surface area contributed by atoms with Crippen LogP contribution in [0.2, 0.25) is 0 Å². The summed E-state index contributed by atoms with van der Waals surface area (Å²) in [6.45, 7) is 16.1. The fourth-order valence-electron chi connectivity index (χ4n) is 11.6. The number of benzene rings is 2. The van der Waals surface area contributed by atoms with Crippen LogP contribution in [0.1, 0.15) is 130 Å². The van der Waals surface area contributed by atoms with E-state index in [1.165, 1.54) is 39.8 Å². The minimum atomic E-state index is -2.47. The molecule has 1 amide bonds. The lowest BCUT2D eigenvalue weighted by Crippen LogP contribution is -2.81. The number of carboxylic acids is 1. The van der Waals surface area contributed by atoms with Crippen molar-refractivity contribution in [2.45, 2.75) is 173 Å². The zero-order valence-electron chi connectivity index (χ0n) is 43.4. The predicted molar refractivity (Wildman–Crippen MR) is 260 cm³/mol. The number of rotatable bonds is 18. The van der Waals surface area contributed by atoms with Gasteiger partial charge in [-0.2, -0.15) is 0 Å². The molecule has 0 unspecified atom stereocenters. The second-order valence-corrected chi connectivity index (χ2v) is 21.5. The van der Waals surface area contributed by atoms with Crippen molar-refractivity contribution in [2.24, 2.45) is 16.7 Å². The zero-order valence-corrected chi connectivity index (χ0v) is 43.4. The molecule has 6 rings (SSSR count). The van der Waals surface area contributed by atoms with E-state index in [1.54, 1.807) is 74.2 Å². The van der Waals surface area contributed by atoms with Crippen LogP contribution in [0, 0.1) is 16.7 Å². The second kappa shape index (κ2) is 22.0. The topological polar surface area (TPSA) is 271 Å². The van der Waals surface area contributed by atoms with Crippen LogP contribution in [0.25, 0.3) is 0 Å². The number of aliphatic hydroxyl groups is 3. The molecule has 19 heteroatoms. The van der Waals surface area contributed by atoms with E-state index in [1.807, 2.05) is 13.8 Å². The van der Waals surface area contributed by atoms with Gasteiger partial charge in [-0.05, 0) is 95.8 Å². The van der Waals surface area contributed by atoms with E-state index in [0.717, 1.165) is 6.92 Å². The highest BCUT2D eigenvalue weighted by molar-refractivity contribution is 5.94. The van der Waals surface area contributed by atoms with E-state index < -0.39 is 137 Å². The average Bonchev–Trinajstić information content (AvgIpc) is 3.31. The van der Waals surface area contributed by atoms with Crippen LogP contribution in [-0.2, 0) is 52.4 Å². The molecule has 5 N–H and O–H groups in total. The Labute approximate surface area is 425 Å². The largest absolute Gasteiger partial charge is 0.481 e. The molecule has 1 heterocycles. The summed E-state index contributed by atoms with van der Waals surface area (Å²) in [7, 11) is 0. The van der Waals surface area contributed by atoms with Crippen LogP contribution in [0.3, 0.4) is 0 Å².